The smallest absolute Gasteiger partial charge is 0.373 e. The molecule has 0 unspecified atom stereocenters. The van der Waals surface area contributed by atoms with E-state index in [-0.39, 0.29) is 17.6 Å². The quantitative estimate of drug-likeness (QED) is 0.582. The van der Waals surface area contributed by atoms with Crippen LogP contribution in [0.3, 0.4) is 0 Å². The minimum atomic E-state index is -1.87. The van der Waals surface area contributed by atoms with Crippen LogP contribution in [0.15, 0.2) is 42.2 Å². The van der Waals surface area contributed by atoms with Crippen molar-refractivity contribution in [3.8, 4) is 0 Å². The molecule has 136 valence electrons. The molecule has 3 atom stereocenters. The van der Waals surface area contributed by atoms with Crippen LogP contribution in [0.25, 0.3) is 0 Å². The highest BCUT2D eigenvalue weighted by molar-refractivity contribution is 6.69. The van der Waals surface area contributed by atoms with Gasteiger partial charge in [0.2, 0.25) is 11.5 Å². The summed E-state index contributed by atoms with van der Waals surface area (Å²) in [6.45, 7) is 6.51. The molecule has 1 aliphatic carbocycles. The van der Waals surface area contributed by atoms with Crippen LogP contribution in [-0.2, 0) is 18.7 Å². The van der Waals surface area contributed by atoms with Gasteiger partial charge in [-0.15, -0.1) is 0 Å². The molecule has 0 radical (unpaired) electrons. The summed E-state index contributed by atoms with van der Waals surface area (Å²) in [4.78, 5) is 12.3. The SMILES string of the molecule is COC(=O)C1=C[C@@H](c2ccccc2)[C@@H]2CCCC[C@@]2(O[Si](C)(C)C)O1. The Kier molecular flexibility index (Phi) is 5.07. The number of hydrogen-bond donors (Lipinski definition) is 0. The van der Waals surface area contributed by atoms with Crippen molar-refractivity contribution in [3.05, 3.63) is 47.7 Å². The molecule has 0 spiro atoms. The van der Waals surface area contributed by atoms with Crippen LogP contribution in [-0.4, -0.2) is 27.2 Å². The largest absolute Gasteiger partial charge is 0.463 e. The number of methoxy groups -OCH3 is 1. The molecule has 0 saturated heterocycles. The summed E-state index contributed by atoms with van der Waals surface area (Å²) in [5.41, 5.74) is 1.20. The lowest BCUT2D eigenvalue weighted by atomic mass is 9.71. The van der Waals surface area contributed by atoms with Crippen LogP contribution in [0, 0.1) is 5.92 Å². The predicted molar refractivity (Wildman–Crippen MR) is 99.5 cm³/mol. The van der Waals surface area contributed by atoms with Gasteiger partial charge < -0.3 is 13.9 Å². The van der Waals surface area contributed by atoms with Crippen molar-refractivity contribution < 1.29 is 18.7 Å². The van der Waals surface area contributed by atoms with Crippen molar-refractivity contribution in [2.45, 2.75) is 57.0 Å². The molecule has 2 aliphatic rings. The fourth-order valence-electron chi connectivity index (χ4n) is 4.10. The van der Waals surface area contributed by atoms with E-state index in [1.807, 2.05) is 24.3 Å². The molecule has 1 heterocycles. The zero-order valence-electron chi connectivity index (χ0n) is 15.6. The van der Waals surface area contributed by atoms with E-state index in [2.05, 4.69) is 31.8 Å². The molecule has 25 heavy (non-hydrogen) atoms. The van der Waals surface area contributed by atoms with Crippen molar-refractivity contribution in [2.24, 2.45) is 5.92 Å². The number of fused-ring (bicyclic) bond motifs is 1. The normalized spacial score (nSPS) is 29.2. The Balaban J connectivity index is 2.07. The van der Waals surface area contributed by atoms with Crippen LogP contribution in [0.2, 0.25) is 19.6 Å². The van der Waals surface area contributed by atoms with E-state index in [1.54, 1.807) is 0 Å². The monoisotopic (exact) mass is 360 g/mol. The first-order chi connectivity index (χ1) is 11.8. The zero-order valence-corrected chi connectivity index (χ0v) is 16.6. The molecular formula is C20H28O4Si. The van der Waals surface area contributed by atoms with E-state index in [4.69, 9.17) is 13.9 Å². The Morgan fingerprint density at radius 2 is 1.92 bits per heavy atom. The van der Waals surface area contributed by atoms with Gasteiger partial charge in [0.15, 0.2) is 8.32 Å². The molecule has 1 aliphatic heterocycles. The van der Waals surface area contributed by atoms with E-state index in [1.165, 1.54) is 12.7 Å². The van der Waals surface area contributed by atoms with Gasteiger partial charge >= 0.3 is 5.97 Å². The Bertz CT molecular complexity index is 649. The first-order valence-corrected chi connectivity index (χ1v) is 12.5. The molecule has 0 bridgehead atoms. The molecule has 1 saturated carbocycles. The second-order valence-electron chi connectivity index (χ2n) is 7.94. The van der Waals surface area contributed by atoms with Gasteiger partial charge in [0, 0.05) is 18.3 Å². The maximum Gasteiger partial charge on any atom is 0.373 e. The molecular weight excluding hydrogens is 332 g/mol. The highest BCUT2D eigenvalue weighted by Gasteiger charge is 2.53. The minimum absolute atomic E-state index is 0.0979. The van der Waals surface area contributed by atoms with Crippen LogP contribution in [0.1, 0.15) is 37.2 Å². The average molecular weight is 361 g/mol. The first-order valence-electron chi connectivity index (χ1n) is 9.09. The van der Waals surface area contributed by atoms with Crippen LogP contribution in [0.5, 0.6) is 0 Å². The third-order valence-electron chi connectivity index (χ3n) is 4.95. The number of carbonyl (C=O) groups is 1. The fraction of sp³-hybridized carbons (Fsp3) is 0.550. The number of hydrogen-bond acceptors (Lipinski definition) is 4. The van der Waals surface area contributed by atoms with Gasteiger partial charge in [-0.1, -0.05) is 36.8 Å². The summed E-state index contributed by atoms with van der Waals surface area (Å²) >= 11 is 0. The van der Waals surface area contributed by atoms with Gasteiger partial charge in [-0.25, -0.2) is 4.79 Å². The molecule has 0 N–H and O–H groups in total. The third kappa shape index (κ3) is 3.82. The Morgan fingerprint density at radius 1 is 1.20 bits per heavy atom. The fourth-order valence-corrected chi connectivity index (χ4v) is 5.43. The topological polar surface area (TPSA) is 44.8 Å². The van der Waals surface area contributed by atoms with Crippen LogP contribution < -0.4 is 0 Å². The summed E-state index contributed by atoms with van der Waals surface area (Å²) in [6.07, 6.45) is 6.00. The number of esters is 1. The lowest BCUT2D eigenvalue weighted by molar-refractivity contribution is -0.230. The van der Waals surface area contributed by atoms with Gasteiger partial charge in [-0.3, -0.25) is 0 Å². The maximum absolute atomic E-state index is 12.3. The summed E-state index contributed by atoms with van der Waals surface area (Å²) in [5, 5.41) is 0. The third-order valence-corrected chi connectivity index (χ3v) is 5.91. The summed E-state index contributed by atoms with van der Waals surface area (Å²) in [6, 6.07) is 10.3. The molecule has 4 nitrogen and oxygen atoms in total. The lowest BCUT2D eigenvalue weighted by Crippen LogP contribution is -2.55. The van der Waals surface area contributed by atoms with E-state index < -0.39 is 20.1 Å². The second-order valence-corrected chi connectivity index (χ2v) is 12.4. The van der Waals surface area contributed by atoms with Gasteiger partial charge in [-0.05, 0) is 44.1 Å². The van der Waals surface area contributed by atoms with Crippen molar-refractivity contribution in [1.29, 1.82) is 0 Å². The Hall–Kier alpha value is -1.59. The number of ether oxygens (including phenoxy) is 2. The number of rotatable bonds is 4. The minimum Gasteiger partial charge on any atom is -0.463 e. The van der Waals surface area contributed by atoms with Gasteiger partial charge in [0.05, 0.1) is 7.11 Å². The second kappa shape index (κ2) is 6.96. The Labute approximate surface area is 151 Å². The zero-order chi connectivity index (χ0) is 18.1. The van der Waals surface area contributed by atoms with Crippen molar-refractivity contribution in [1.82, 2.24) is 0 Å². The van der Waals surface area contributed by atoms with E-state index in [0.29, 0.717) is 0 Å². The molecule has 0 amide bonds. The summed E-state index contributed by atoms with van der Waals surface area (Å²) < 4.78 is 17.8. The van der Waals surface area contributed by atoms with Crippen LogP contribution >= 0.6 is 0 Å². The molecule has 0 aromatic heterocycles. The number of benzene rings is 1. The highest BCUT2D eigenvalue weighted by atomic mass is 28.4. The first kappa shape index (κ1) is 18.2. The summed E-state index contributed by atoms with van der Waals surface area (Å²) in [7, 11) is -0.480. The molecule has 1 fully saturated rings. The molecule has 5 heteroatoms. The van der Waals surface area contributed by atoms with E-state index in [9.17, 15) is 4.79 Å². The van der Waals surface area contributed by atoms with Gasteiger partial charge in [0.25, 0.3) is 0 Å². The Morgan fingerprint density at radius 3 is 2.56 bits per heavy atom. The predicted octanol–water partition coefficient (Wildman–Crippen LogP) is 4.60. The molecule has 3 rings (SSSR count). The molecule has 1 aromatic carbocycles. The van der Waals surface area contributed by atoms with Crippen LogP contribution in [0.4, 0.5) is 0 Å². The lowest BCUT2D eigenvalue weighted by Gasteiger charge is -2.51. The number of carbonyl (C=O) groups excluding carboxylic acids is 1. The number of allylic oxidation sites excluding steroid dienone is 1. The van der Waals surface area contributed by atoms with E-state index in [0.717, 1.165) is 25.7 Å². The summed E-state index contributed by atoms with van der Waals surface area (Å²) in [5.74, 6) is -0.553. The van der Waals surface area contributed by atoms with Gasteiger partial charge in [-0.2, -0.15) is 0 Å². The van der Waals surface area contributed by atoms with Gasteiger partial charge in [0.1, 0.15) is 0 Å². The van der Waals surface area contributed by atoms with Crippen molar-refractivity contribution in [3.63, 3.8) is 0 Å². The van der Waals surface area contributed by atoms with Crippen molar-refractivity contribution in [2.75, 3.05) is 7.11 Å². The molecule has 1 aromatic rings. The van der Waals surface area contributed by atoms with Crippen molar-refractivity contribution >= 4 is 14.3 Å². The van der Waals surface area contributed by atoms with E-state index >= 15 is 0 Å². The average Bonchev–Trinajstić information content (AvgIpc) is 2.59. The maximum atomic E-state index is 12.3. The highest BCUT2D eigenvalue weighted by Crippen LogP contribution is 2.51. The standard InChI is InChI=1S/C20H28O4Si/c1-22-19(21)18-14-16(15-10-6-5-7-11-15)17-12-8-9-13-20(17,23-18)24-25(2,3)4/h5-7,10-11,14,16-17H,8-9,12-13H2,1-4H3/t16-,17-,20-/m0/s1.